The third-order valence-corrected chi connectivity index (χ3v) is 3.36. The second kappa shape index (κ2) is 4.76. The second-order valence-corrected chi connectivity index (χ2v) is 4.70. The van der Waals surface area contributed by atoms with Gasteiger partial charge in [0.2, 0.25) is 0 Å². The van der Waals surface area contributed by atoms with Crippen molar-refractivity contribution in [3.8, 4) is 0 Å². The number of fused-ring (bicyclic) bond motifs is 1. The van der Waals surface area contributed by atoms with E-state index in [0.717, 1.165) is 25.1 Å². The number of carbonyl (C=O) groups excluding carboxylic acids is 1. The molecule has 1 amide bonds. The summed E-state index contributed by atoms with van der Waals surface area (Å²) in [6, 6.07) is 7.68. The maximum atomic E-state index is 12.1. The summed E-state index contributed by atoms with van der Waals surface area (Å²) in [5.74, 6) is -0.135. The molecule has 2 aromatic rings. The standard InChI is InChI=1S/C14H16N4O/c1-18-13(6-8-16-18)14(19)17-11-4-5-12-10(9-11)3-2-7-15-12/h4-6,8-9,15H,2-3,7H2,1H3,(H,17,19). The number of hydrogen-bond donors (Lipinski definition) is 2. The van der Waals surface area contributed by atoms with E-state index >= 15 is 0 Å². The van der Waals surface area contributed by atoms with Gasteiger partial charge in [-0.3, -0.25) is 9.48 Å². The van der Waals surface area contributed by atoms with Crippen LogP contribution in [-0.4, -0.2) is 22.2 Å². The van der Waals surface area contributed by atoms with Gasteiger partial charge in [0, 0.05) is 31.2 Å². The monoisotopic (exact) mass is 256 g/mol. The number of carbonyl (C=O) groups is 1. The molecule has 5 nitrogen and oxygen atoms in total. The first kappa shape index (κ1) is 11.8. The van der Waals surface area contributed by atoms with E-state index in [0.29, 0.717) is 5.69 Å². The molecule has 1 aromatic heterocycles. The zero-order valence-electron chi connectivity index (χ0n) is 10.8. The van der Waals surface area contributed by atoms with Gasteiger partial charge in [0.25, 0.3) is 5.91 Å². The molecule has 0 saturated carbocycles. The molecule has 0 aliphatic carbocycles. The van der Waals surface area contributed by atoms with Crippen molar-refractivity contribution in [3.05, 3.63) is 41.7 Å². The van der Waals surface area contributed by atoms with Crippen LogP contribution in [0.1, 0.15) is 22.5 Å². The molecule has 0 saturated heterocycles. The summed E-state index contributed by atoms with van der Waals surface area (Å²) in [7, 11) is 1.76. The average Bonchev–Trinajstić information content (AvgIpc) is 2.85. The quantitative estimate of drug-likeness (QED) is 0.864. The Morgan fingerprint density at radius 2 is 2.32 bits per heavy atom. The van der Waals surface area contributed by atoms with Crippen LogP contribution in [0.25, 0.3) is 0 Å². The number of aromatic nitrogens is 2. The minimum atomic E-state index is -0.135. The Balaban J connectivity index is 1.80. The molecular formula is C14H16N4O. The summed E-state index contributed by atoms with van der Waals surface area (Å²) in [5, 5.41) is 10.3. The molecule has 5 heteroatoms. The van der Waals surface area contributed by atoms with Crippen molar-refractivity contribution in [2.24, 2.45) is 7.05 Å². The van der Waals surface area contributed by atoms with Crippen LogP contribution in [0.3, 0.4) is 0 Å². The number of anilines is 2. The Morgan fingerprint density at radius 3 is 3.11 bits per heavy atom. The van der Waals surface area contributed by atoms with E-state index in [4.69, 9.17) is 0 Å². The van der Waals surface area contributed by atoms with Gasteiger partial charge < -0.3 is 10.6 Å². The largest absolute Gasteiger partial charge is 0.385 e. The molecule has 0 spiro atoms. The van der Waals surface area contributed by atoms with Crippen LogP contribution in [0.15, 0.2) is 30.5 Å². The topological polar surface area (TPSA) is 59.0 Å². The van der Waals surface area contributed by atoms with E-state index in [1.54, 1.807) is 24.0 Å². The van der Waals surface area contributed by atoms with Gasteiger partial charge in [0.1, 0.15) is 5.69 Å². The molecule has 1 aliphatic heterocycles. The number of nitrogens with one attached hydrogen (secondary N) is 2. The molecule has 0 bridgehead atoms. The van der Waals surface area contributed by atoms with Crippen molar-refractivity contribution < 1.29 is 4.79 Å². The van der Waals surface area contributed by atoms with Crippen LogP contribution in [0.2, 0.25) is 0 Å². The van der Waals surface area contributed by atoms with E-state index in [9.17, 15) is 4.79 Å². The maximum Gasteiger partial charge on any atom is 0.273 e. The summed E-state index contributed by atoms with van der Waals surface area (Å²) in [5.41, 5.74) is 3.81. The zero-order chi connectivity index (χ0) is 13.2. The van der Waals surface area contributed by atoms with Crippen molar-refractivity contribution in [1.82, 2.24) is 9.78 Å². The number of nitrogens with zero attached hydrogens (tertiary/aromatic N) is 2. The predicted octanol–water partition coefficient (Wildman–Crippen LogP) is 2.03. The van der Waals surface area contributed by atoms with Crippen LogP contribution in [-0.2, 0) is 13.5 Å². The molecule has 0 fully saturated rings. The third kappa shape index (κ3) is 2.31. The highest BCUT2D eigenvalue weighted by molar-refractivity contribution is 6.03. The first-order valence-electron chi connectivity index (χ1n) is 6.40. The molecular weight excluding hydrogens is 240 g/mol. The summed E-state index contributed by atoms with van der Waals surface area (Å²) in [6.45, 7) is 1.02. The summed E-state index contributed by atoms with van der Waals surface area (Å²) < 4.78 is 1.56. The number of benzene rings is 1. The Bertz CT molecular complexity index is 618. The van der Waals surface area contributed by atoms with Gasteiger partial charge in [-0.2, -0.15) is 5.10 Å². The first-order valence-corrected chi connectivity index (χ1v) is 6.40. The van der Waals surface area contributed by atoms with Gasteiger partial charge >= 0.3 is 0 Å². The minimum absolute atomic E-state index is 0.135. The molecule has 2 N–H and O–H groups in total. The maximum absolute atomic E-state index is 12.1. The van der Waals surface area contributed by atoms with E-state index in [1.807, 2.05) is 18.2 Å². The minimum Gasteiger partial charge on any atom is -0.385 e. The van der Waals surface area contributed by atoms with Gasteiger partial charge in [-0.25, -0.2) is 0 Å². The number of amides is 1. The fraction of sp³-hybridized carbons (Fsp3) is 0.286. The Labute approximate surface area is 111 Å². The van der Waals surface area contributed by atoms with Crippen molar-refractivity contribution in [2.45, 2.75) is 12.8 Å². The van der Waals surface area contributed by atoms with Crippen LogP contribution < -0.4 is 10.6 Å². The average molecular weight is 256 g/mol. The van der Waals surface area contributed by atoms with Crippen molar-refractivity contribution in [2.75, 3.05) is 17.2 Å². The molecule has 1 aromatic carbocycles. The molecule has 1 aliphatic rings. The number of aryl methyl sites for hydroxylation is 2. The van der Waals surface area contributed by atoms with E-state index in [1.165, 1.54) is 11.3 Å². The number of hydrogen-bond acceptors (Lipinski definition) is 3. The summed E-state index contributed by atoms with van der Waals surface area (Å²) >= 11 is 0. The van der Waals surface area contributed by atoms with Crippen LogP contribution >= 0.6 is 0 Å². The second-order valence-electron chi connectivity index (χ2n) is 4.70. The first-order chi connectivity index (χ1) is 9.24. The highest BCUT2D eigenvalue weighted by Crippen LogP contribution is 2.25. The predicted molar refractivity (Wildman–Crippen MR) is 74.4 cm³/mol. The lowest BCUT2D eigenvalue weighted by Gasteiger charge is -2.18. The lowest BCUT2D eigenvalue weighted by molar-refractivity contribution is 0.101. The molecule has 3 rings (SSSR count). The molecule has 0 atom stereocenters. The molecule has 98 valence electrons. The van der Waals surface area contributed by atoms with Gasteiger partial charge in [-0.15, -0.1) is 0 Å². The van der Waals surface area contributed by atoms with E-state index in [2.05, 4.69) is 15.7 Å². The van der Waals surface area contributed by atoms with Gasteiger partial charge in [-0.1, -0.05) is 0 Å². The van der Waals surface area contributed by atoms with Crippen LogP contribution in [0, 0.1) is 0 Å². The summed E-state index contributed by atoms with van der Waals surface area (Å²) in [4.78, 5) is 12.1. The Hall–Kier alpha value is -2.30. The van der Waals surface area contributed by atoms with Gasteiger partial charge in [-0.05, 0) is 42.7 Å². The third-order valence-electron chi connectivity index (χ3n) is 3.36. The van der Waals surface area contributed by atoms with Crippen molar-refractivity contribution >= 4 is 17.3 Å². The smallest absolute Gasteiger partial charge is 0.273 e. The number of rotatable bonds is 2. The zero-order valence-corrected chi connectivity index (χ0v) is 10.8. The fourth-order valence-corrected chi connectivity index (χ4v) is 2.34. The van der Waals surface area contributed by atoms with Crippen molar-refractivity contribution in [3.63, 3.8) is 0 Å². The van der Waals surface area contributed by atoms with E-state index in [-0.39, 0.29) is 5.91 Å². The van der Waals surface area contributed by atoms with Crippen LogP contribution in [0.4, 0.5) is 11.4 Å². The SMILES string of the molecule is Cn1nccc1C(=O)Nc1ccc2c(c1)CCCN2. The highest BCUT2D eigenvalue weighted by atomic mass is 16.2. The van der Waals surface area contributed by atoms with Crippen molar-refractivity contribution in [1.29, 1.82) is 0 Å². The summed E-state index contributed by atoms with van der Waals surface area (Å²) in [6.07, 6.45) is 3.80. The molecule has 0 radical (unpaired) electrons. The Morgan fingerprint density at radius 1 is 1.42 bits per heavy atom. The fourth-order valence-electron chi connectivity index (χ4n) is 2.34. The highest BCUT2D eigenvalue weighted by Gasteiger charge is 2.12. The molecule has 2 heterocycles. The molecule has 19 heavy (non-hydrogen) atoms. The van der Waals surface area contributed by atoms with Gasteiger partial charge in [0.05, 0.1) is 0 Å². The van der Waals surface area contributed by atoms with E-state index < -0.39 is 0 Å². The molecule has 0 unspecified atom stereocenters. The van der Waals surface area contributed by atoms with Crippen LogP contribution in [0.5, 0.6) is 0 Å². The Kier molecular flexibility index (Phi) is 2.95. The van der Waals surface area contributed by atoms with Gasteiger partial charge in [0.15, 0.2) is 0 Å². The lowest BCUT2D eigenvalue weighted by Crippen LogP contribution is -2.17. The lowest BCUT2D eigenvalue weighted by atomic mass is 10.0. The normalized spacial score (nSPS) is 13.5.